The molecule has 0 spiro atoms. The molecule has 1 heterocycles. The minimum atomic E-state index is -2.51. The number of pyridine rings is 1. The number of thioether (sulfide) groups is 2. The molecular weight excluding hydrogens is 326 g/mol. The van der Waals surface area contributed by atoms with Crippen LogP contribution in [0, 0.1) is 0 Å². The van der Waals surface area contributed by atoms with E-state index in [9.17, 15) is 13.6 Å². The van der Waals surface area contributed by atoms with Gasteiger partial charge < -0.3 is 5.32 Å². The lowest BCUT2D eigenvalue weighted by Crippen LogP contribution is -2.14. The first-order chi connectivity index (χ1) is 10.6. The minimum Gasteiger partial charge on any atom is -0.324 e. The van der Waals surface area contributed by atoms with Crippen molar-refractivity contribution in [3.8, 4) is 0 Å². The first-order valence-electron chi connectivity index (χ1n) is 6.45. The van der Waals surface area contributed by atoms with E-state index in [-0.39, 0.29) is 11.7 Å². The van der Waals surface area contributed by atoms with Crippen molar-refractivity contribution in [3.05, 3.63) is 54.4 Å². The number of carbonyl (C=O) groups excluding carboxylic acids is 1. The van der Waals surface area contributed by atoms with Gasteiger partial charge in [0.2, 0.25) is 5.91 Å². The van der Waals surface area contributed by atoms with E-state index in [0.717, 1.165) is 5.56 Å². The molecule has 0 fully saturated rings. The van der Waals surface area contributed by atoms with E-state index in [1.165, 1.54) is 11.8 Å². The smallest absolute Gasteiger partial charge is 0.288 e. The standard InChI is InChI=1S/C15H14F2N2OS2/c16-15(17)22-13-4-2-1-3-12(13)19-14(20)10-21-9-11-5-7-18-8-6-11/h1-8,15H,9-10H2,(H,19,20). The molecule has 1 amide bonds. The molecule has 7 heteroatoms. The first kappa shape index (κ1) is 16.8. The highest BCUT2D eigenvalue weighted by molar-refractivity contribution is 7.99. The molecule has 116 valence electrons. The number of halogens is 2. The molecule has 1 N–H and O–H groups in total. The van der Waals surface area contributed by atoms with E-state index in [2.05, 4.69) is 10.3 Å². The van der Waals surface area contributed by atoms with Gasteiger partial charge >= 0.3 is 0 Å². The molecule has 0 saturated carbocycles. The van der Waals surface area contributed by atoms with Crippen LogP contribution in [0.3, 0.4) is 0 Å². The van der Waals surface area contributed by atoms with E-state index >= 15 is 0 Å². The van der Waals surface area contributed by atoms with Crippen LogP contribution in [-0.2, 0) is 10.5 Å². The minimum absolute atomic E-state index is 0.207. The Morgan fingerprint density at radius 1 is 1.18 bits per heavy atom. The molecule has 2 aromatic rings. The SMILES string of the molecule is O=C(CSCc1ccncc1)Nc1ccccc1SC(F)F. The van der Waals surface area contributed by atoms with E-state index in [0.29, 0.717) is 28.1 Å². The van der Waals surface area contributed by atoms with Crippen LogP contribution in [0.15, 0.2) is 53.7 Å². The quantitative estimate of drug-likeness (QED) is 0.765. The van der Waals surface area contributed by atoms with Crippen LogP contribution >= 0.6 is 23.5 Å². The second-order valence-corrected chi connectivity index (χ2v) is 6.29. The summed E-state index contributed by atoms with van der Waals surface area (Å²) in [7, 11) is 0. The van der Waals surface area contributed by atoms with Crippen molar-refractivity contribution in [1.82, 2.24) is 4.98 Å². The number of alkyl halides is 2. The van der Waals surface area contributed by atoms with Crippen molar-refractivity contribution < 1.29 is 13.6 Å². The van der Waals surface area contributed by atoms with Crippen molar-refractivity contribution in [2.45, 2.75) is 16.4 Å². The third kappa shape index (κ3) is 5.65. The first-order valence-corrected chi connectivity index (χ1v) is 8.49. The van der Waals surface area contributed by atoms with Crippen LogP contribution in [0.25, 0.3) is 0 Å². The molecule has 0 aliphatic heterocycles. The highest BCUT2D eigenvalue weighted by atomic mass is 32.2. The Labute approximate surface area is 135 Å². The fourth-order valence-corrected chi connectivity index (χ4v) is 3.08. The van der Waals surface area contributed by atoms with Crippen LogP contribution in [0.1, 0.15) is 5.56 Å². The molecule has 2 rings (SSSR count). The Hall–Kier alpha value is -1.60. The maximum absolute atomic E-state index is 12.5. The molecule has 0 aliphatic rings. The van der Waals surface area contributed by atoms with Crippen LogP contribution < -0.4 is 5.32 Å². The zero-order chi connectivity index (χ0) is 15.8. The summed E-state index contributed by atoms with van der Waals surface area (Å²) in [4.78, 5) is 16.2. The molecule has 0 aliphatic carbocycles. The summed E-state index contributed by atoms with van der Waals surface area (Å²) < 4.78 is 24.9. The van der Waals surface area contributed by atoms with Gasteiger partial charge in [-0.25, -0.2) is 0 Å². The molecule has 1 aromatic carbocycles. The molecule has 0 unspecified atom stereocenters. The molecule has 0 saturated heterocycles. The summed E-state index contributed by atoms with van der Waals surface area (Å²) in [5.41, 5.74) is 1.50. The molecular formula is C15H14F2N2OS2. The number of aromatic nitrogens is 1. The zero-order valence-electron chi connectivity index (χ0n) is 11.5. The van der Waals surface area contributed by atoms with Crippen LogP contribution in [0.2, 0.25) is 0 Å². The molecule has 22 heavy (non-hydrogen) atoms. The molecule has 0 bridgehead atoms. The number of hydrogen-bond acceptors (Lipinski definition) is 4. The van der Waals surface area contributed by atoms with Gasteiger partial charge in [0.05, 0.1) is 11.4 Å². The van der Waals surface area contributed by atoms with Crippen molar-refractivity contribution in [2.75, 3.05) is 11.1 Å². The predicted octanol–water partition coefficient (Wildman–Crippen LogP) is 4.27. The van der Waals surface area contributed by atoms with Gasteiger partial charge in [0, 0.05) is 23.0 Å². The maximum atomic E-state index is 12.5. The summed E-state index contributed by atoms with van der Waals surface area (Å²) in [5.74, 6) is -1.76. The van der Waals surface area contributed by atoms with Gasteiger partial charge in [0.15, 0.2) is 0 Å². The Bertz CT molecular complexity index is 612. The highest BCUT2D eigenvalue weighted by Crippen LogP contribution is 2.31. The largest absolute Gasteiger partial charge is 0.324 e. The van der Waals surface area contributed by atoms with E-state index in [4.69, 9.17) is 0 Å². The lowest BCUT2D eigenvalue weighted by Gasteiger charge is -2.10. The average molecular weight is 340 g/mol. The summed E-state index contributed by atoms with van der Waals surface area (Å²) in [5, 5.41) is 2.68. The number of nitrogens with zero attached hydrogens (tertiary/aromatic N) is 1. The fourth-order valence-electron chi connectivity index (χ4n) is 1.70. The van der Waals surface area contributed by atoms with Gasteiger partial charge in [0.25, 0.3) is 5.76 Å². The summed E-state index contributed by atoms with van der Waals surface area (Å²) >= 11 is 1.88. The highest BCUT2D eigenvalue weighted by Gasteiger charge is 2.11. The molecule has 1 aromatic heterocycles. The van der Waals surface area contributed by atoms with Crippen molar-refractivity contribution in [2.24, 2.45) is 0 Å². The lowest BCUT2D eigenvalue weighted by molar-refractivity contribution is -0.113. The van der Waals surface area contributed by atoms with Gasteiger partial charge in [-0.2, -0.15) is 8.78 Å². The topological polar surface area (TPSA) is 42.0 Å². The van der Waals surface area contributed by atoms with E-state index in [1.807, 2.05) is 12.1 Å². The van der Waals surface area contributed by atoms with Gasteiger partial charge in [0.1, 0.15) is 0 Å². The normalized spacial score (nSPS) is 10.7. The molecule has 0 radical (unpaired) electrons. The van der Waals surface area contributed by atoms with Crippen molar-refractivity contribution >= 4 is 35.1 Å². The van der Waals surface area contributed by atoms with Crippen molar-refractivity contribution in [1.29, 1.82) is 0 Å². The van der Waals surface area contributed by atoms with Crippen LogP contribution in [0.4, 0.5) is 14.5 Å². The summed E-state index contributed by atoms with van der Waals surface area (Å²) in [6.45, 7) is 0. The summed E-state index contributed by atoms with van der Waals surface area (Å²) in [6.07, 6.45) is 3.40. The third-order valence-electron chi connectivity index (χ3n) is 2.63. The molecule has 0 atom stereocenters. The van der Waals surface area contributed by atoms with Gasteiger partial charge in [-0.1, -0.05) is 23.9 Å². The van der Waals surface area contributed by atoms with Gasteiger partial charge in [-0.15, -0.1) is 11.8 Å². The van der Waals surface area contributed by atoms with Crippen LogP contribution in [-0.4, -0.2) is 22.4 Å². The summed E-state index contributed by atoms with van der Waals surface area (Å²) in [6, 6.07) is 10.3. The lowest BCUT2D eigenvalue weighted by atomic mass is 10.3. The number of anilines is 1. The van der Waals surface area contributed by atoms with Crippen molar-refractivity contribution in [3.63, 3.8) is 0 Å². The second kappa shape index (κ2) is 8.75. The Kier molecular flexibility index (Phi) is 6.67. The number of amides is 1. The number of hydrogen-bond donors (Lipinski definition) is 1. The van der Waals surface area contributed by atoms with Gasteiger partial charge in [-0.05, 0) is 29.8 Å². The Morgan fingerprint density at radius 2 is 1.91 bits per heavy atom. The molecule has 3 nitrogen and oxygen atoms in total. The monoisotopic (exact) mass is 340 g/mol. The van der Waals surface area contributed by atoms with E-state index < -0.39 is 5.76 Å². The average Bonchev–Trinajstić information content (AvgIpc) is 2.50. The van der Waals surface area contributed by atoms with Crippen LogP contribution in [0.5, 0.6) is 0 Å². The Morgan fingerprint density at radius 3 is 2.64 bits per heavy atom. The zero-order valence-corrected chi connectivity index (χ0v) is 13.2. The number of nitrogens with one attached hydrogen (secondary N) is 1. The number of carbonyl (C=O) groups is 1. The number of benzene rings is 1. The van der Waals surface area contributed by atoms with E-state index in [1.54, 1.807) is 36.7 Å². The number of para-hydroxylation sites is 1. The predicted molar refractivity (Wildman–Crippen MR) is 87.3 cm³/mol. The second-order valence-electron chi connectivity index (χ2n) is 4.27. The van der Waals surface area contributed by atoms with Gasteiger partial charge in [-0.3, -0.25) is 9.78 Å². The Balaban J connectivity index is 1.84. The fraction of sp³-hybridized carbons (Fsp3) is 0.200. The third-order valence-corrected chi connectivity index (χ3v) is 4.42. The maximum Gasteiger partial charge on any atom is 0.288 e. The number of rotatable bonds is 7.